The maximum absolute atomic E-state index is 13.5. The molecule has 2 heterocycles. The van der Waals surface area contributed by atoms with E-state index in [4.69, 9.17) is 5.73 Å². The van der Waals surface area contributed by atoms with Gasteiger partial charge in [0, 0.05) is 18.8 Å². The summed E-state index contributed by atoms with van der Waals surface area (Å²) in [5.41, 5.74) is 7.44. The highest BCUT2D eigenvalue weighted by Gasteiger charge is 2.26. The molecule has 3 aromatic rings. The van der Waals surface area contributed by atoms with E-state index in [1.54, 1.807) is 4.90 Å². The second kappa shape index (κ2) is 10.5. The fraction of sp³-hybridized carbons (Fsp3) is 0.455. The van der Waals surface area contributed by atoms with Crippen LogP contribution in [-0.4, -0.2) is 48.9 Å². The first kappa shape index (κ1) is 22.9. The SMILES string of the molecule is CCCCN(CC)C(=O)n1c(=O)n(Cc2ccccc2)c2nc(SCCC)nc(N)c21. The largest absolute Gasteiger partial charge is 0.382 e. The van der Waals surface area contributed by atoms with E-state index in [0.717, 1.165) is 35.1 Å². The molecule has 0 aliphatic rings. The van der Waals surface area contributed by atoms with E-state index in [-0.39, 0.29) is 17.4 Å². The molecule has 8 nitrogen and oxygen atoms in total. The molecule has 0 aliphatic heterocycles. The van der Waals surface area contributed by atoms with Crippen LogP contribution in [0.1, 0.15) is 45.6 Å². The monoisotopic (exact) mass is 442 g/mol. The van der Waals surface area contributed by atoms with Crippen LogP contribution in [0.25, 0.3) is 11.2 Å². The second-order valence-corrected chi connectivity index (χ2v) is 8.38. The highest BCUT2D eigenvalue weighted by molar-refractivity contribution is 7.99. The van der Waals surface area contributed by atoms with E-state index in [0.29, 0.717) is 30.4 Å². The van der Waals surface area contributed by atoms with Crippen LogP contribution in [-0.2, 0) is 6.54 Å². The fourth-order valence-electron chi connectivity index (χ4n) is 3.37. The number of carbonyl (C=O) groups excluding carboxylic acids is 1. The zero-order valence-electron chi connectivity index (χ0n) is 18.4. The minimum atomic E-state index is -0.447. The Morgan fingerprint density at radius 3 is 2.52 bits per heavy atom. The van der Waals surface area contributed by atoms with Crippen molar-refractivity contribution in [2.45, 2.75) is 51.7 Å². The summed E-state index contributed by atoms with van der Waals surface area (Å²) in [5.74, 6) is 0.987. The molecule has 0 bridgehead atoms. The number of aromatic nitrogens is 4. The molecule has 0 unspecified atom stereocenters. The summed E-state index contributed by atoms with van der Waals surface area (Å²) in [6.07, 6.45) is 2.78. The Morgan fingerprint density at radius 2 is 1.87 bits per heavy atom. The number of anilines is 1. The summed E-state index contributed by atoms with van der Waals surface area (Å²) >= 11 is 1.49. The second-order valence-electron chi connectivity index (χ2n) is 7.32. The predicted octanol–water partition coefficient (Wildman–Crippen LogP) is 3.82. The number of carbonyl (C=O) groups is 1. The van der Waals surface area contributed by atoms with E-state index in [1.807, 2.05) is 37.3 Å². The lowest BCUT2D eigenvalue weighted by Gasteiger charge is -2.20. The Morgan fingerprint density at radius 1 is 1.13 bits per heavy atom. The Bertz CT molecular complexity index is 1090. The lowest BCUT2D eigenvalue weighted by molar-refractivity contribution is 0.201. The van der Waals surface area contributed by atoms with Crippen LogP contribution in [0.3, 0.4) is 0 Å². The first-order valence-electron chi connectivity index (χ1n) is 10.8. The normalized spacial score (nSPS) is 11.2. The number of hydrogen-bond acceptors (Lipinski definition) is 6. The van der Waals surface area contributed by atoms with E-state index < -0.39 is 5.69 Å². The molecule has 0 aliphatic carbocycles. The van der Waals surface area contributed by atoms with Crippen LogP contribution in [0.5, 0.6) is 0 Å². The minimum Gasteiger partial charge on any atom is -0.382 e. The highest BCUT2D eigenvalue weighted by Crippen LogP contribution is 2.23. The summed E-state index contributed by atoms with van der Waals surface area (Å²) in [5, 5.41) is 0.511. The van der Waals surface area contributed by atoms with Crippen molar-refractivity contribution in [2.75, 3.05) is 24.6 Å². The molecule has 31 heavy (non-hydrogen) atoms. The van der Waals surface area contributed by atoms with Crippen LogP contribution in [0.2, 0.25) is 0 Å². The third kappa shape index (κ3) is 4.92. The molecule has 1 aromatic carbocycles. The van der Waals surface area contributed by atoms with Crippen molar-refractivity contribution in [1.29, 1.82) is 0 Å². The van der Waals surface area contributed by atoms with E-state index in [2.05, 4.69) is 23.8 Å². The molecule has 2 aromatic heterocycles. The van der Waals surface area contributed by atoms with Crippen molar-refractivity contribution >= 4 is 34.8 Å². The molecule has 3 rings (SSSR count). The smallest absolute Gasteiger partial charge is 0.339 e. The van der Waals surface area contributed by atoms with Gasteiger partial charge in [-0.3, -0.25) is 4.57 Å². The summed E-state index contributed by atoms with van der Waals surface area (Å²) in [6, 6.07) is 9.25. The van der Waals surface area contributed by atoms with Gasteiger partial charge in [0.05, 0.1) is 6.54 Å². The zero-order chi connectivity index (χ0) is 22.4. The maximum atomic E-state index is 13.5. The third-order valence-corrected chi connectivity index (χ3v) is 6.07. The number of nitrogen functional groups attached to an aromatic ring is 1. The number of fused-ring (bicyclic) bond motifs is 1. The summed E-state index contributed by atoms with van der Waals surface area (Å²) in [7, 11) is 0. The van der Waals surface area contributed by atoms with Crippen LogP contribution in [0, 0.1) is 0 Å². The number of benzene rings is 1. The van der Waals surface area contributed by atoms with Gasteiger partial charge in [-0.05, 0) is 25.3 Å². The number of imidazole rings is 1. The van der Waals surface area contributed by atoms with Crippen LogP contribution in [0.4, 0.5) is 10.6 Å². The zero-order valence-corrected chi connectivity index (χ0v) is 19.2. The highest BCUT2D eigenvalue weighted by atomic mass is 32.2. The van der Waals surface area contributed by atoms with Gasteiger partial charge in [0.2, 0.25) is 0 Å². The van der Waals surface area contributed by atoms with Crippen molar-refractivity contribution in [1.82, 2.24) is 24.0 Å². The number of amides is 1. The van der Waals surface area contributed by atoms with E-state index in [1.165, 1.54) is 16.3 Å². The Balaban J connectivity index is 2.18. The van der Waals surface area contributed by atoms with Crippen LogP contribution >= 0.6 is 11.8 Å². The van der Waals surface area contributed by atoms with Crippen LogP contribution < -0.4 is 11.4 Å². The Kier molecular flexibility index (Phi) is 7.73. The van der Waals surface area contributed by atoms with Gasteiger partial charge >= 0.3 is 11.7 Å². The third-order valence-electron chi connectivity index (χ3n) is 5.02. The number of unbranched alkanes of at least 4 members (excludes halogenated alkanes) is 1. The van der Waals surface area contributed by atoms with Gasteiger partial charge in [0.15, 0.2) is 16.6 Å². The molecule has 2 N–H and O–H groups in total. The molecule has 1 amide bonds. The molecular weight excluding hydrogens is 412 g/mol. The molecule has 0 radical (unpaired) electrons. The van der Waals surface area contributed by atoms with Gasteiger partial charge in [-0.15, -0.1) is 0 Å². The van der Waals surface area contributed by atoms with Crippen molar-refractivity contribution in [2.24, 2.45) is 0 Å². The lowest BCUT2D eigenvalue weighted by Crippen LogP contribution is -2.41. The average Bonchev–Trinajstić information content (AvgIpc) is 3.05. The van der Waals surface area contributed by atoms with Crippen molar-refractivity contribution in [3.05, 3.63) is 46.4 Å². The standard InChI is InChI=1S/C22H30N6O2S/c1-4-7-13-26(6-3)21(29)28-17-18(23)24-20(31-14-5-2)25-19(17)27(22(28)30)15-16-11-9-8-10-12-16/h8-12H,4-7,13-15H2,1-3H3,(H2,23,24,25). The number of nitrogens with two attached hydrogens (primary N) is 1. The quantitative estimate of drug-likeness (QED) is 0.400. The Labute approximate surface area is 186 Å². The number of hydrogen-bond donors (Lipinski definition) is 1. The fourth-order valence-corrected chi connectivity index (χ4v) is 4.07. The van der Waals surface area contributed by atoms with Gasteiger partial charge in [0.25, 0.3) is 0 Å². The molecule has 0 saturated heterocycles. The molecule has 0 fully saturated rings. The minimum absolute atomic E-state index is 0.146. The van der Waals surface area contributed by atoms with Crippen LogP contribution in [0.15, 0.2) is 40.3 Å². The molecule has 166 valence electrons. The van der Waals surface area contributed by atoms with Gasteiger partial charge in [-0.2, -0.15) is 0 Å². The number of rotatable bonds is 9. The van der Waals surface area contributed by atoms with Gasteiger partial charge in [-0.25, -0.2) is 24.1 Å². The lowest BCUT2D eigenvalue weighted by atomic mass is 10.2. The van der Waals surface area contributed by atoms with E-state index >= 15 is 0 Å². The molecule has 0 atom stereocenters. The Hall–Kier alpha value is -2.81. The summed E-state index contributed by atoms with van der Waals surface area (Å²) in [4.78, 5) is 37.5. The van der Waals surface area contributed by atoms with Gasteiger partial charge in [-0.1, -0.05) is 62.4 Å². The maximum Gasteiger partial charge on any atom is 0.339 e. The van der Waals surface area contributed by atoms with Crippen molar-refractivity contribution < 1.29 is 4.79 Å². The molecule has 0 saturated carbocycles. The average molecular weight is 443 g/mol. The number of nitrogens with zero attached hydrogens (tertiary/aromatic N) is 5. The topological polar surface area (TPSA) is 99.0 Å². The van der Waals surface area contributed by atoms with Gasteiger partial charge in [0.1, 0.15) is 5.52 Å². The van der Waals surface area contributed by atoms with Crippen molar-refractivity contribution in [3.63, 3.8) is 0 Å². The predicted molar refractivity (Wildman–Crippen MR) is 126 cm³/mol. The van der Waals surface area contributed by atoms with Crippen molar-refractivity contribution in [3.8, 4) is 0 Å². The first-order valence-corrected chi connectivity index (χ1v) is 11.7. The van der Waals surface area contributed by atoms with E-state index in [9.17, 15) is 9.59 Å². The molecular formula is C22H30N6O2S. The molecule has 0 spiro atoms. The summed E-state index contributed by atoms with van der Waals surface area (Å²) in [6.45, 7) is 7.42. The first-order chi connectivity index (χ1) is 15.0. The number of thioether (sulfide) groups is 1. The van der Waals surface area contributed by atoms with Gasteiger partial charge < -0.3 is 10.6 Å². The molecule has 9 heteroatoms. The summed E-state index contributed by atoms with van der Waals surface area (Å²) < 4.78 is 2.66.